The number of hydrogen-bond donors (Lipinski definition) is 1. The molecule has 0 aromatic carbocycles. The van der Waals surface area contributed by atoms with Crippen LogP contribution in [0.5, 0.6) is 0 Å². The minimum Gasteiger partial charge on any atom is -0.349 e. The Kier molecular flexibility index (Phi) is 3.01. The first-order valence-corrected chi connectivity index (χ1v) is 5.43. The number of aromatic amines is 1. The molecule has 0 spiro atoms. The van der Waals surface area contributed by atoms with E-state index in [1.165, 1.54) is 44.3 Å². The normalized spacial score (nSPS) is 20.0. The molecule has 0 amide bonds. The maximum absolute atomic E-state index is 4.29. The molecule has 0 unspecified atom stereocenters. The summed E-state index contributed by atoms with van der Waals surface area (Å²) in [6.45, 7) is 0. The van der Waals surface area contributed by atoms with Crippen molar-refractivity contribution in [1.82, 2.24) is 9.97 Å². The van der Waals surface area contributed by atoms with Crippen molar-refractivity contribution in [2.24, 2.45) is 5.92 Å². The molecule has 0 aliphatic heterocycles. The summed E-state index contributed by atoms with van der Waals surface area (Å²) in [5.41, 5.74) is 0. The average Bonchev–Trinajstić information content (AvgIpc) is 2.49. The van der Waals surface area contributed by atoms with E-state index in [1.807, 2.05) is 12.4 Å². The first-order chi connectivity index (χ1) is 6.45. The predicted molar refractivity (Wildman–Crippen MR) is 53.5 cm³/mol. The lowest BCUT2D eigenvalue weighted by Gasteiger charge is -2.11. The fraction of sp³-hybridized carbons (Fsp3) is 0.727. The Labute approximate surface area is 79.8 Å². The minimum atomic E-state index is 0.883. The fourth-order valence-corrected chi connectivity index (χ4v) is 2.25. The van der Waals surface area contributed by atoms with Crippen molar-refractivity contribution in [3.05, 3.63) is 18.2 Å². The van der Waals surface area contributed by atoms with Gasteiger partial charge in [0.25, 0.3) is 0 Å². The summed E-state index contributed by atoms with van der Waals surface area (Å²) in [5.74, 6) is 2.06. The Morgan fingerprint density at radius 1 is 1.23 bits per heavy atom. The molecular formula is C11H18N2. The van der Waals surface area contributed by atoms with Gasteiger partial charge >= 0.3 is 0 Å². The van der Waals surface area contributed by atoms with E-state index >= 15 is 0 Å². The van der Waals surface area contributed by atoms with E-state index in [0.717, 1.165) is 12.3 Å². The van der Waals surface area contributed by atoms with Gasteiger partial charge in [-0.05, 0) is 5.92 Å². The number of nitrogens with zero attached hydrogens (tertiary/aromatic N) is 1. The lowest BCUT2D eigenvalue weighted by atomic mass is 9.96. The second-order valence-corrected chi connectivity index (χ2v) is 4.10. The molecule has 2 heteroatoms. The lowest BCUT2D eigenvalue weighted by molar-refractivity contribution is 0.449. The fourth-order valence-electron chi connectivity index (χ4n) is 2.25. The number of H-pyrrole nitrogens is 1. The molecule has 1 aromatic rings. The van der Waals surface area contributed by atoms with E-state index in [9.17, 15) is 0 Å². The van der Waals surface area contributed by atoms with Crippen LogP contribution in [0.2, 0.25) is 0 Å². The van der Waals surface area contributed by atoms with Crippen LogP contribution in [0.3, 0.4) is 0 Å². The third kappa shape index (κ3) is 2.58. The maximum Gasteiger partial charge on any atom is 0.106 e. The summed E-state index contributed by atoms with van der Waals surface area (Å²) in [6.07, 6.45) is 13.5. The van der Waals surface area contributed by atoms with E-state index in [2.05, 4.69) is 9.97 Å². The molecule has 0 atom stereocenters. The molecule has 0 bridgehead atoms. The van der Waals surface area contributed by atoms with Gasteiger partial charge in [0.2, 0.25) is 0 Å². The van der Waals surface area contributed by atoms with Crippen molar-refractivity contribution in [3.8, 4) is 0 Å². The van der Waals surface area contributed by atoms with Crippen LogP contribution < -0.4 is 0 Å². The van der Waals surface area contributed by atoms with E-state index in [4.69, 9.17) is 0 Å². The molecule has 1 fully saturated rings. The Hall–Kier alpha value is -0.790. The zero-order valence-corrected chi connectivity index (χ0v) is 8.13. The first-order valence-electron chi connectivity index (χ1n) is 5.43. The highest BCUT2D eigenvalue weighted by Crippen LogP contribution is 2.24. The zero-order valence-electron chi connectivity index (χ0n) is 8.13. The standard InChI is InChI=1S/C11H18N2/c1-2-4-6-10(5-3-1)9-11-12-7-8-13-11/h7-8,10H,1-6,9H2,(H,12,13). The molecular weight excluding hydrogens is 160 g/mol. The SMILES string of the molecule is c1c[nH]c(CC2CCCCCC2)n1. The van der Waals surface area contributed by atoms with E-state index in [0.29, 0.717) is 0 Å². The molecule has 2 rings (SSSR count). The molecule has 1 saturated carbocycles. The van der Waals surface area contributed by atoms with Gasteiger partial charge in [-0.3, -0.25) is 0 Å². The largest absolute Gasteiger partial charge is 0.349 e. The molecule has 1 N–H and O–H groups in total. The topological polar surface area (TPSA) is 28.7 Å². The number of rotatable bonds is 2. The second kappa shape index (κ2) is 4.45. The molecule has 1 aromatic heterocycles. The predicted octanol–water partition coefficient (Wildman–Crippen LogP) is 2.92. The van der Waals surface area contributed by atoms with Gasteiger partial charge in [-0.15, -0.1) is 0 Å². The van der Waals surface area contributed by atoms with Gasteiger partial charge in [0, 0.05) is 18.8 Å². The van der Waals surface area contributed by atoms with Crippen molar-refractivity contribution in [2.45, 2.75) is 44.9 Å². The summed E-state index contributed by atoms with van der Waals surface area (Å²) < 4.78 is 0. The van der Waals surface area contributed by atoms with Crippen molar-refractivity contribution < 1.29 is 0 Å². The van der Waals surface area contributed by atoms with Crippen LogP contribution in [0, 0.1) is 5.92 Å². The lowest BCUT2D eigenvalue weighted by Crippen LogP contribution is -2.04. The summed E-state index contributed by atoms with van der Waals surface area (Å²) in [6, 6.07) is 0. The summed E-state index contributed by atoms with van der Waals surface area (Å²) >= 11 is 0. The number of nitrogens with one attached hydrogen (secondary N) is 1. The van der Waals surface area contributed by atoms with Crippen LogP contribution in [0.4, 0.5) is 0 Å². The summed E-state index contributed by atoms with van der Waals surface area (Å²) in [7, 11) is 0. The zero-order chi connectivity index (χ0) is 8.93. The van der Waals surface area contributed by atoms with Gasteiger partial charge < -0.3 is 4.98 Å². The molecule has 2 nitrogen and oxygen atoms in total. The van der Waals surface area contributed by atoms with Crippen LogP contribution in [0.15, 0.2) is 12.4 Å². The van der Waals surface area contributed by atoms with Crippen LogP contribution >= 0.6 is 0 Å². The summed E-state index contributed by atoms with van der Waals surface area (Å²) in [4.78, 5) is 7.48. The molecule has 13 heavy (non-hydrogen) atoms. The highest BCUT2D eigenvalue weighted by molar-refractivity contribution is 4.89. The Morgan fingerprint density at radius 3 is 2.62 bits per heavy atom. The molecule has 0 radical (unpaired) electrons. The highest BCUT2D eigenvalue weighted by atomic mass is 14.9. The number of aromatic nitrogens is 2. The maximum atomic E-state index is 4.29. The van der Waals surface area contributed by atoms with Crippen molar-refractivity contribution in [3.63, 3.8) is 0 Å². The third-order valence-corrected chi connectivity index (χ3v) is 3.01. The van der Waals surface area contributed by atoms with Gasteiger partial charge in [0.05, 0.1) is 0 Å². The van der Waals surface area contributed by atoms with Crippen LogP contribution in [-0.4, -0.2) is 9.97 Å². The Morgan fingerprint density at radius 2 is 2.00 bits per heavy atom. The summed E-state index contributed by atoms with van der Waals surface area (Å²) in [5, 5.41) is 0. The Bertz CT molecular complexity index is 220. The number of imidazole rings is 1. The van der Waals surface area contributed by atoms with Gasteiger partial charge in [-0.1, -0.05) is 38.5 Å². The molecule has 1 aliphatic rings. The van der Waals surface area contributed by atoms with Crippen LogP contribution in [-0.2, 0) is 6.42 Å². The van der Waals surface area contributed by atoms with Crippen molar-refractivity contribution >= 4 is 0 Å². The average molecular weight is 178 g/mol. The highest BCUT2D eigenvalue weighted by Gasteiger charge is 2.13. The number of hydrogen-bond acceptors (Lipinski definition) is 1. The van der Waals surface area contributed by atoms with Gasteiger partial charge in [0.1, 0.15) is 5.82 Å². The van der Waals surface area contributed by atoms with Crippen molar-refractivity contribution in [2.75, 3.05) is 0 Å². The smallest absolute Gasteiger partial charge is 0.106 e. The molecule has 1 heterocycles. The molecule has 1 aliphatic carbocycles. The molecule has 0 saturated heterocycles. The second-order valence-electron chi connectivity index (χ2n) is 4.10. The van der Waals surface area contributed by atoms with Gasteiger partial charge in [0.15, 0.2) is 0 Å². The quantitative estimate of drug-likeness (QED) is 0.693. The van der Waals surface area contributed by atoms with Crippen LogP contribution in [0.25, 0.3) is 0 Å². The third-order valence-electron chi connectivity index (χ3n) is 3.01. The minimum absolute atomic E-state index is 0.883. The van der Waals surface area contributed by atoms with Gasteiger partial charge in [-0.25, -0.2) is 4.98 Å². The Balaban J connectivity index is 1.86. The van der Waals surface area contributed by atoms with E-state index < -0.39 is 0 Å². The van der Waals surface area contributed by atoms with Crippen LogP contribution in [0.1, 0.15) is 44.3 Å². The van der Waals surface area contributed by atoms with E-state index in [1.54, 1.807) is 0 Å². The van der Waals surface area contributed by atoms with Gasteiger partial charge in [-0.2, -0.15) is 0 Å². The molecule has 72 valence electrons. The van der Waals surface area contributed by atoms with E-state index in [-0.39, 0.29) is 0 Å². The monoisotopic (exact) mass is 178 g/mol. The first kappa shape index (κ1) is 8.79. The van der Waals surface area contributed by atoms with Crippen molar-refractivity contribution in [1.29, 1.82) is 0 Å².